The molecule has 166 valence electrons. The topological polar surface area (TPSA) is 68.8 Å². The summed E-state index contributed by atoms with van der Waals surface area (Å²) < 4.78 is 0. The first-order valence-electron chi connectivity index (χ1n) is 11.4. The van der Waals surface area contributed by atoms with Crippen molar-refractivity contribution in [2.24, 2.45) is 5.92 Å². The number of rotatable bonds is 8. The van der Waals surface area contributed by atoms with Crippen LogP contribution in [-0.2, 0) is 16.1 Å². The van der Waals surface area contributed by atoms with E-state index >= 15 is 0 Å². The standard InChI is InChI=1S/C23H37N5O2/c1-26(2)22(29)8-4-12-25-23(30)20-7-5-13-28(18-20)21-9-14-27(15-10-21)17-19-6-3-11-24-16-19/h3,6,11,16,20-21H,4-5,7-10,12-15,17-18H2,1-2H3,(H,25,30)/t20-/m1/s1. The lowest BCUT2D eigenvalue weighted by molar-refractivity contribution is -0.130. The lowest BCUT2D eigenvalue weighted by atomic mass is 9.93. The molecule has 0 saturated carbocycles. The second-order valence-electron chi connectivity index (χ2n) is 8.89. The maximum Gasteiger partial charge on any atom is 0.224 e. The normalized spacial score (nSPS) is 21.3. The third-order valence-electron chi connectivity index (χ3n) is 6.39. The van der Waals surface area contributed by atoms with Gasteiger partial charge >= 0.3 is 0 Å². The summed E-state index contributed by atoms with van der Waals surface area (Å²) in [6.07, 6.45) is 9.36. The average molecular weight is 416 g/mol. The first-order chi connectivity index (χ1) is 14.5. The number of amides is 2. The number of hydrogen-bond acceptors (Lipinski definition) is 5. The summed E-state index contributed by atoms with van der Waals surface area (Å²) in [7, 11) is 3.53. The van der Waals surface area contributed by atoms with Gasteiger partial charge in [-0.3, -0.25) is 24.4 Å². The number of piperidine rings is 2. The molecule has 3 heterocycles. The van der Waals surface area contributed by atoms with E-state index in [-0.39, 0.29) is 17.7 Å². The van der Waals surface area contributed by atoms with Crippen molar-refractivity contribution in [2.75, 3.05) is 46.8 Å². The lowest BCUT2D eigenvalue weighted by Gasteiger charge is -2.42. The fourth-order valence-corrected chi connectivity index (χ4v) is 4.56. The highest BCUT2D eigenvalue weighted by Gasteiger charge is 2.31. The third-order valence-corrected chi connectivity index (χ3v) is 6.39. The largest absolute Gasteiger partial charge is 0.356 e. The van der Waals surface area contributed by atoms with Crippen LogP contribution in [0, 0.1) is 5.92 Å². The molecule has 0 aromatic carbocycles. The van der Waals surface area contributed by atoms with Crippen molar-refractivity contribution in [3.8, 4) is 0 Å². The van der Waals surface area contributed by atoms with Gasteiger partial charge in [-0.15, -0.1) is 0 Å². The van der Waals surface area contributed by atoms with Crippen LogP contribution >= 0.6 is 0 Å². The Morgan fingerprint density at radius 1 is 1.20 bits per heavy atom. The molecule has 2 saturated heterocycles. The van der Waals surface area contributed by atoms with Crippen LogP contribution in [0.1, 0.15) is 44.1 Å². The zero-order valence-corrected chi connectivity index (χ0v) is 18.6. The summed E-state index contributed by atoms with van der Waals surface area (Å²) >= 11 is 0. The molecule has 1 N–H and O–H groups in total. The van der Waals surface area contributed by atoms with Crippen LogP contribution in [0.2, 0.25) is 0 Å². The Hall–Kier alpha value is -1.99. The summed E-state index contributed by atoms with van der Waals surface area (Å²) in [5.41, 5.74) is 1.28. The predicted octanol–water partition coefficient (Wildman–Crippen LogP) is 1.74. The number of likely N-dealkylation sites (tertiary alicyclic amines) is 2. The van der Waals surface area contributed by atoms with Crippen LogP contribution in [0.25, 0.3) is 0 Å². The number of carbonyl (C=O) groups excluding carboxylic acids is 2. The van der Waals surface area contributed by atoms with Gasteiger partial charge in [-0.05, 0) is 63.4 Å². The summed E-state index contributed by atoms with van der Waals surface area (Å²) in [6, 6.07) is 4.73. The number of aromatic nitrogens is 1. The van der Waals surface area contributed by atoms with Crippen molar-refractivity contribution in [3.63, 3.8) is 0 Å². The Labute approximate surface area is 180 Å². The molecule has 1 atom stereocenters. The Morgan fingerprint density at radius 3 is 2.70 bits per heavy atom. The van der Waals surface area contributed by atoms with E-state index in [0.717, 1.165) is 45.6 Å². The molecule has 7 heteroatoms. The molecule has 2 aliphatic heterocycles. The molecule has 2 fully saturated rings. The van der Waals surface area contributed by atoms with E-state index in [4.69, 9.17) is 0 Å². The maximum atomic E-state index is 12.6. The molecule has 30 heavy (non-hydrogen) atoms. The number of pyridine rings is 1. The maximum absolute atomic E-state index is 12.6. The van der Waals surface area contributed by atoms with Gasteiger partial charge in [0.1, 0.15) is 0 Å². The molecule has 1 aromatic rings. The average Bonchev–Trinajstić information content (AvgIpc) is 2.77. The van der Waals surface area contributed by atoms with Gasteiger partial charge in [-0.1, -0.05) is 6.07 Å². The zero-order chi connectivity index (χ0) is 21.3. The van der Waals surface area contributed by atoms with Crippen LogP contribution in [0.15, 0.2) is 24.5 Å². The molecule has 1 aromatic heterocycles. The van der Waals surface area contributed by atoms with Gasteiger partial charge in [0.2, 0.25) is 11.8 Å². The molecule has 0 unspecified atom stereocenters. The number of nitrogens with one attached hydrogen (secondary N) is 1. The molecule has 2 amide bonds. The van der Waals surface area contributed by atoms with Crippen molar-refractivity contribution in [1.82, 2.24) is 25.0 Å². The summed E-state index contributed by atoms with van der Waals surface area (Å²) in [6.45, 7) is 5.74. The highest BCUT2D eigenvalue weighted by atomic mass is 16.2. The Morgan fingerprint density at radius 2 is 2.00 bits per heavy atom. The van der Waals surface area contributed by atoms with E-state index in [1.165, 1.54) is 18.4 Å². The lowest BCUT2D eigenvalue weighted by Crippen LogP contribution is -2.50. The predicted molar refractivity (Wildman–Crippen MR) is 118 cm³/mol. The molecule has 7 nitrogen and oxygen atoms in total. The van der Waals surface area contributed by atoms with Crippen molar-refractivity contribution in [2.45, 2.75) is 51.1 Å². The highest BCUT2D eigenvalue weighted by molar-refractivity contribution is 5.79. The fourth-order valence-electron chi connectivity index (χ4n) is 4.56. The first-order valence-corrected chi connectivity index (χ1v) is 11.4. The Kier molecular flexibility index (Phi) is 8.63. The van der Waals surface area contributed by atoms with Crippen molar-refractivity contribution < 1.29 is 9.59 Å². The van der Waals surface area contributed by atoms with Crippen LogP contribution in [0.4, 0.5) is 0 Å². The van der Waals surface area contributed by atoms with Gasteiger partial charge in [-0.2, -0.15) is 0 Å². The molecule has 0 aliphatic carbocycles. The van der Waals surface area contributed by atoms with Gasteiger partial charge in [0.05, 0.1) is 5.92 Å². The minimum atomic E-state index is 0.0803. The number of nitrogens with zero attached hydrogens (tertiary/aromatic N) is 4. The molecule has 3 rings (SSSR count). The Bertz CT molecular complexity index is 673. The second-order valence-corrected chi connectivity index (χ2v) is 8.89. The van der Waals surface area contributed by atoms with Crippen LogP contribution in [0.3, 0.4) is 0 Å². The smallest absolute Gasteiger partial charge is 0.224 e. The number of hydrogen-bond donors (Lipinski definition) is 1. The van der Waals surface area contributed by atoms with Crippen molar-refractivity contribution >= 4 is 11.8 Å². The van der Waals surface area contributed by atoms with Crippen LogP contribution in [-0.4, -0.2) is 84.4 Å². The van der Waals surface area contributed by atoms with Gasteiger partial charge in [0.25, 0.3) is 0 Å². The van der Waals surface area contributed by atoms with Crippen LogP contribution < -0.4 is 5.32 Å². The van der Waals surface area contributed by atoms with E-state index in [9.17, 15) is 9.59 Å². The van der Waals surface area contributed by atoms with Crippen molar-refractivity contribution in [1.29, 1.82) is 0 Å². The fraction of sp³-hybridized carbons (Fsp3) is 0.696. The summed E-state index contributed by atoms with van der Waals surface area (Å²) in [5.74, 6) is 0.352. The molecule has 0 spiro atoms. The van der Waals surface area contributed by atoms with E-state index in [2.05, 4.69) is 26.2 Å². The summed E-state index contributed by atoms with van der Waals surface area (Å²) in [5, 5.41) is 3.05. The van der Waals surface area contributed by atoms with Gasteiger partial charge in [0.15, 0.2) is 0 Å². The number of carbonyl (C=O) groups is 2. The second kappa shape index (κ2) is 11.4. The highest BCUT2D eigenvalue weighted by Crippen LogP contribution is 2.24. The molecule has 0 radical (unpaired) electrons. The van der Waals surface area contributed by atoms with E-state index in [1.807, 2.05) is 18.5 Å². The van der Waals surface area contributed by atoms with Gasteiger partial charge in [-0.25, -0.2) is 0 Å². The van der Waals surface area contributed by atoms with E-state index in [1.54, 1.807) is 19.0 Å². The minimum absolute atomic E-state index is 0.0803. The zero-order valence-electron chi connectivity index (χ0n) is 18.6. The molecular weight excluding hydrogens is 378 g/mol. The summed E-state index contributed by atoms with van der Waals surface area (Å²) in [4.78, 5) is 35.1. The third kappa shape index (κ3) is 6.77. The monoisotopic (exact) mass is 415 g/mol. The SMILES string of the molecule is CN(C)C(=O)CCCNC(=O)[C@@H]1CCCN(C2CCN(Cc3cccnc3)CC2)C1. The molecule has 0 bridgehead atoms. The van der Waals surface area contributed by atoms with Gasteiger partial charge < -0.3 is 10.2 Å². The quantitative estimate of drug-likeness (QED) is 0.655. The molecule has 2 aliphatic rings. The van der Waals surface area contributed by atoms with Crippen molar-refractivity contribution in [3.05, 3.63) is 30.1 Å². The van der Waals surface area contributed by atoms with Crippen LogP contribution in [0.5, 0.6) is 0 Å². The Balaban J connectivity index is 1.37. The van der Waals surface area contributed by atoms with E-state index < -0.39 is 0 Å². The van der Waals surface area contributed by atoms with Gasteiger partial charge in [0, 0.05) is 58.6 Å². The van der Waals surface area contributed by atoms with E-state index in [0.29, 0.717) is 25.4 Å². The first kappa shape index (κ1) is 22.7. The minimum Gasteiger partial charge on any atom is -0.356 e. The molecular formula is C23H37N5O2.